The predicted molar refractivity (Wildman–Crippen MR) is 35.9 cm³/mol. The molecular weight excluding hydrogens is 141 g/mol. The highest BCUT2D eigenvalue weighted by atomic mass is 35.5. The second-order valence-electron chi connectivity index (χ2n) is 1.60. The monoisotopic (exact) mass is 145 g/mol. The third-order valence-electron chi connectivity index (χ3n) is 0.953. The van der Waals surface area contributed by atoms with E-state index in [4.69, 9.17) is 11.8 Å². The van der Waals surface area contributed by atoms with Crippen molar-refractivity contribution in [3.05, 3.63) is 30.1 Å². The summed E-state index contributed by atoms with van der Waals surface area (Å²) in [5.74, 6) is -0.259. The Hall–Kier alpha value is -0.760. The fraction of sp³-hybridized carbons (Fsp3) is 0. The van der Waals surface area contributed by atoms with E-state index in [1.165, 1.54) is 12.1 Å². The molecule has 0 aliphatic rings. The Morgan fingerprint density at radius 2 is 1.78 bits per heavy atom. The molecule has 3 heteroatoms. The zero-order valence-electron chi connectivity index (χ0n) is 4.57. The minimum absolute atomic E-state index is 0.259. The maximum absolute atomic E-state index is 12.2. The lowest BCUT2D eigenvalue weighted by Gasteiger charge is -1.93. The highest BCUT2D eigenvalue weighted by molar-refractivity contribution is 6.23. The molecular formula is C6H5ClFN. The number of hydrogen-bond acceptors (Lipinski definition) is 1. The van der Waals surface area contributed by atoms with Gasteiger partial charge >= 0.3 is 0 Å². The number of nitrogens with one attached hydrogen (secondary N) is 1. The molecule has 1 rings (SSSR count). The summed E-state index contributed by atoms with van der Waals surface area (Å²) in [7, 11) is 0. The van der Waals surface area contributed by atoms with Crippen LogP contribution in [0.4, 0.5) is 10.1 Å². The van der Waals surface area contributed by atoms with E-state index in [1.54, 1.807) is 12.1 Å². The molecule has 0 saturated carbocycles. The van der Waals surface area contributed by atoms with Crippen LogP contribution in [0.2, 0.25) is 0 Å². The fourth-order valence-corrected chi connectivity index (χ4v) is 0.639. The van der Waals surface area contributed by atoms with Gasteiger partial charge in [-0.15, -0.1) is 0 Å². The summed E-state index contributed by atoms with van der Waals surface area (Å²) in [4.78, 5) is 2.36. The van der Waals surface area contributed by atoms with E-state index >= 15 is 0 Å². The van der Waals surface area contributed by atoms with Crippen molar-refractivity contribution < 1.29 is 4.39 Å². The zero-order valence-corrected chi connectivity index (χ0v) is 5.32. The fourth-order valence-electron chi connectivity index (χ4n) is 0.513. The molecule has 0 bridgehead atoms. The summed E-state index contributed by atoms with van der Waals surface area (Å²) < 4.78 is 12.2. The van der Waals surface area contributed by atoms with Crippen LogP contribution in [0.1, 0.15) is 0 Å². The average molecular weight is 146 g/mol. The molecule has 1 N–H and O–H groups in total. The van der Waals surface area contributed by atoms with Gasteiger partial charge < -0.3 is 0 Å². The second kappa shape index (κ2) is 2.69. The standard InChI is InChI=1S/C6H5ClFN/c7-9-6-3-1-5(8)2-4-6/h1-4,9H. The number of benzene rings is 1. The third-order valence-corrected chi connectivity index (χ3v) is 1.17. The van der Waals surface area contributed by atoms with Gasteiger partial charge in [-0.2, -0.15) is 0 Å². The van der Waals surface area contributed by atoms with Gasteiger partial charge in [-0.3, -0.25) is 4.84 Å². The van der Waals surface area contributed by atoms with Gasteiger partial charge in [0, 0.05) is 17.5 Å². The molecule has 0 atom stereocenters. The summed E-state index contributed by atoms with van der Waals surface area (Å²) in [6.45, 7) is 0. The van der Waals surface area contributed by atoms with Crippen molar-refractivity contribution in [1.82, 2.24) is 0 Å². The smallest absolute Gasteiger partial charge is 0.123 e. The Kier molecular flexibility index (Phi) is 1.90. The molecule has 0 aromatic heterocycles. The number of halogens is 2. The molecule has 0 spiro atoms. The first-order valence-corrected chi connectivity index (χ1v) is 2.83. The van der Waals surface area contributed by atoms with Gasteiger partial charge in [0.25, 0.3) is 0 Å². The van der Waals surface area contributed by atoms with Crippen LogP contribution in [0, 0.1) is 5.82 Å². The van der Waals surface area contributed by atoms with Crippen LogP contribution < -0.4 is 4.84 Å². The van der Waals surface area contributed by atoms with Crippen LogP contribution in [0.15, 0.2) is 24.3 Å². The normalized spacial score (nSPS) is 9.11. The van der Waals surface area contributed by atoms with Crippen molar-refractivity contribution in [3.8, 4) is 0 Å². The van der Waals surface area contributed by atoms with Crippen molar-refractivity contribution in [2.45, 2.75) is 0 Å². The van der Waals surface area contributed by atoms with Crippen molar-refractivity contribution in [2.75, 3.05) is 4.84 Å². The van der Waals surface area contributed by atoms with Gasteiger partial charge in [0.2, 0.25) is 0 Å². The van der Waals surface area contributed by atoms with E-state index in [0.717, 1.165) is 0 Å². The summed E-state index contributed by atoms with van der Waals surface area (Å²) in [5.41, 5.74) is 0.693. The Balaban J connectivity index is 2.88. The Bertz CT molecular complexity index is 185. The lowest BCUT2D eigenvalue weighted by Crippen LogP contribution is -1.78. The molecule has 1 nitrogen and oxygen atoms in total. The zero-order chi connectivity index (χ0) is 6.69. The second-order valence-corrected chi connectivity index (χ2v) is 1.79. The molecule has 0 aliphatic carbocycles. The largest absolute Gasteiger partial charge is 0.299 e. The molecule has 0 aliphatic heterocycles. The summed E-state index contributed by atoms with van der Waals surface area (Å²) in [5, 5.41) is 0. The van der Waals surface area contributed by atoms with E-state index in [-0.39, 0.29) is 5.82 Å². The third kappa shape index (κ3) is 1.57. The molecule has 0 saturated heterocycles. The van der Waals surface area contributed by atoms with Crippen molar-refractivity contribution in [3.63, 3.8) is 0 Å². The van der Waals surface area contributed by atoms with Gasteiger partial charge in [-0.05, 0) is 24.3 Å². The Labute approximate surface area is 57.6 Å². The average Bonchev–Trinajstić information content (AvgIpc) is 1.90. The number of anilines is 1. The van der Waals surface area contributed by atoms with E-state index in [9.17, 15) is 4.39 Å². The first-order chi connectivity index (χ1) is 4.33. The van der Waals surface area contributed by atoms with Crippen LogP contribution in [-0.2, 0) is 0 Å². The predicted octanol–water partition coefficient (Wildman–Crippen LogP) is 2.39. The first-order valence-electron chi connectivity index (χ1n) is 2.45. The van der Waals surface area contributed by atoms with E-state index in [0.29, 0.717) is 5.69 Å². The molecule has 48 valence electrons. The van der Waals surface area contributed by atoms with Crippen LogP contribution in [-0.4, -0.2) is 0 Å². The highest BCUT2D eigenvalue weighted by Gasteiger charge is 1.87. The van der Waals surface area contributed by atoms with Crippen LogP contribution in [0.25, 0.3) is 0 Å². The van der Waals surface area contributed by atoms with Crippen molar-refractivity contribution in [2.24, 2.45) is 0 Å². The minimum atomic E-state index is -0.259. The molecule has 0 heterocycles. The molecule has 9 heavy (non-hydrogen) atoms. The lowest BCUT2D eigenvalue weighted by atomic mass is 10.3. The molecule has 1 aromatic rings. The van der Waals surface area contributed by atoms with Crippen molar-refractivity contribution in [1.29, 1.82) is 0 Å². The van der Waals surface area contributed by atoms with E-state index in [2.05, 4.69) is 4.84 Å². The quantitative estimate of drug-likeness (QED) is 0.599. The van der Waals surface area contributed by atoms with Gasteiger partial charge in [0.15, 0.2) is 0 Å². The minimum Gasteiger partial charge on any atom is -0.299 e. The van der Waals surface area contributed by atoms with Gasteiger partial charge in [-0.25, -0.2) is 4.39 Å². The van der Waals surface area contributed by atoms with Gasteiger partial charge in [0.05, 0.1) is 0 Å². The first kappa shape index (κ1) is 6.36. The Morgan fingerprint density at radius 1 is 1.22 bits per heavy atom. The summed E-state index contributed by atoms with van der Waals surface area (Å²) in [6, 6.07) is 5.79. The van der Waals surface area contributed by atoms with E-state index < -0.39 is 0 Å². The molecule has 1 aromatic carbocycles. The lowest BCUT2D eigenvalue weighted by molar-refractivity contribution is 0.628. The molecule has 0 unspecified atom stereocenters. The van der Waals surface area contributed by atoms with Gasteiger partial charge in [-0.1, -0.05) is 0 Å². The molecule has 0 fully saturated rings. The highest BCUT2D eigenvalue weighted by Crippen LogP contribution is 2.07. The topological polar surface area (TPSA) is 12.0 Å². The SMILES string of the molecule is Fc1ccc(NCl)cc1. The van der Waals surface area contributed by atoms with Crippen LogP contribution in [0.3, 0.4) is 0 Å². The van der Waals surface area contributed by atoms with Crippen LogP contribution >= 0.6 is 11.8 Å². The number of rotatable bonds is 1. The maximum atomic E-state index is 12.2. The molecule has 0 radical (unpaired) electrons. The van der Waals surface area contributed by atoms with Gasteiger partial charge in [0.1, 0.15) is 5.82 Å². The Morgan fingerprint density at radius 3 is 2.22 bits per heavy atom. The summed E-state index contributed by atoms with van der Waals surface area (Å²) in [6.07, 6.45) is 0. The number of hydrogen-bond donors (Lipinski definition) is 1. The summed E-state index contributed by atoms with van der Waals surface area (Å²) >= 11 is 5.21. The van der Waals surface area contributed by atoms with Crippen LogP contribution in [0.5, 0.6) is 0 Å². The van der Waals surface area contributed by atoms with E-state index in [1.807, 2.05) is 0 Å². The molecule has 0 amide bonds. The van der Waals surface area contributed by atoms with Crippen molar-refractivity contribution >= 4 is 17.5 Å². The maximum Gasteiger partial charge on any atom is 0.123 e.